The van der Waals surface area contributed by atoms with Gasteiger partial charge in [0.05, 0.1) is 10.7 Å². The molecule has 1 aromatic carbocycles. The van der Waals surface area contributed by atoms with E-state index >= 15 is 0 Å². The summed E-state index contributed by atoms with van der Waals surface area (Å²) in [5.41, 5.74) is 0.350. The molecule has 20 heavy (non-hydrogen) atoms. The fraction of sp³-hybridized carbons (Fsp3) is 0.167. The van der Waals surface area contributed by atoms with Gasteiger partial charge in [-0.1, -0.05) is 27.5 Å². The molecule has 2 rings (SSSR count). The molecule has 0 fully saturated rings. The van der Waals surface area contributed by atoms with Crippen LogP contribution in [-0.4, -0.2) is 15.5 Å². The maximum absolute atomic E-state index is 12.4. The summed E-state index contributed by atoms with van der Waals surface area (Å²) in [6.07, 6.45) is 0. The number of anilines is 1. The maximum Gasteiger partial charge on any atom is 0.263 e. The lowest BCUT2D eigenvalue weighted by Gasteiger charge is -2.10. The molecule has 0 aliphatic carbocycles. The molecular weight excluding hydrogens is 384 g/mol. The second-order valence-electron chi connectivity index (χ2n) is 3.97. The summed E-state index contributed by atoms with van der Waals surface area (Å²) < 4.78 is 28.1. The molecule has 4 nitrogen and oxygen atoms in total. The van der Waals surface area contributed by atoms with Crippen LogP contribution in [0.3, 0.4) is 0 Å². The molecule has 2 N–H and O–H groups in total. The molecule has 8 heteroatoms. The van der Waals surface area contributed by atoms with Crippen LogP contribution in [0.15, 0.2) is 39.0 Å². The van der Waals surface area contributed by atoms with Gasteiger partial charge in [-0.3, -0.25) is 4.72 Å². The largest absolute Gasteiger partial charge is 0.315 e. The molecule has 2 aromatic rings. The van der Waals surface area contributed by atoms with Crippen LogP contribution in [-0.2, 0) is 16.6 Å². The van der Waals surface area contributed by atoms with Gasteiger partial charge in [0, 0.05) is 15.9 Å². The highest BCUT2D eigenvalue weighted by Gasteiger charge is 2.20. The molecule has 0 aliphatic heterocycles. The molecule has 0 bridgehead atoms. The summed E-state index contributed by atoms with van der Waals surface area (Å²) in [5.74, 6) is 0. The molecule has 0 amide bonds. The van der Waals surface area contributed by atoms with Crippen molar-refractivity contribution in [3.05, 3.63) is 44.0 Å². The summed E-state index contributed by atoms with van der Waals surface area (Å²) in [6, 6.07) is 6.60. The number of sulfonamides is 1. The van der Waals surface area contributed by atoms with Crippen LogP contribution in [0.5, 0.6) is 0 Å². The van der Waals surface area contributed by atoms with Crippen molar-refractivity contribution in [2.75, 3.05) is 11.8 Å². The van der Waals surface area contributed by atoms with E-state index in [1.54, 1.807) is 36.7 Å². The molecule has 1 heterocycles. The van der Waals surface area contributed by atoms with Crippen molar-refractivity contribution in [1.82, 2.24) is 5.32 Å². The SMILES string of the molecule is CNCc1sccc1S(=O)(=O)Nc1cc(Br)ccc1Cl. The molecule has 0 spiro atoms. The fourth-order valence-electron chi connectivity index (χ4n) is 1.63. The van der Waals surface area contributed by atoms with Crippen molar-refractivity contribution >= 4 is 54.6 Å². The monoisotopic (exact) mass is 394 g/mol. The van der Waals surface area contributed by atoms with Crippen LogP contribution in [0.4, 0.5) is 5.69 Å². The number of benzene rings is 1. The summed E-state index contributed by atoms with van der Waals surface area (Å²) in [7, 11) is -1.87. The molecule has 0 radical (unpaired) electrons. The van der Waals surface area contributed by atoms with E-state index in [9.17, 15) is 8.42 Å². The predicted molar refractivity (Wildman–Crippen MR) is 87.0 cm³/mol. The minimum Gasteiger partial charge on any atom is -0.315 e. The van der Waals surface area contributed by atoms with Crippen molar-refractivity contribution in [3.63, 3.8) is 0 Å². The van der Waals surface area contributed by atoms with Crippen molar-refractivity contribution in [2.45, 2.75) is 11.4 Å². The van der Waals surface area contributed by atoms with E-state index in [0.29, 0.717) is 17.3 Å². The number of nitrogens with one attached hydrogen (secondary N) is 2. The number of hydrogen-bond donors (Lipinski definition) is 2. The lowest BCUT2D eigenvalue weighted by Crippen LogP contribution is -2.15. The van der Waals surface area contributed by atoms with Crippen LogP contribution in [0, 0.1) is 0 Å². The number of hydrogen-bond acceptors (Lipinski definition) is 4. The van der Waals surface area contributed by atoms with Gasteiger partial charge in [0.15, 0.2) is 0 Å². The van der Waals surface area contributed by atoms with Crippen molar-refractivity contribution in [1.29, 1.82) is 0 Å². The Morgan fingerprint density at radius 2 is 2.10 bits per heavy atom. The van der Waals surface area contributed by atoms with E-state index in [0.717, 1.165) is 9.35 Å². The minimum atomic E-state index is -3.65. The number of halogens is 2. The van der Waals surface area contributed by atoms with Gasteiger partial charge in [0.2, 0.25) is 0 Å². The van der Waals surface area contributed by atoms with Crippen LogP contribution < -0.4 is 10.0 Å². The third-order valence-corrected chi connectivity index (χ3v) is 5.83. The van der Waals surface area contributed by atoms with Gasteiger partial charge < -0.3 is 5.32 Å². The Morgan fingerprint density at radius 1 is 1.35 bits per heavy atom. The molecule has 0 saturated heterocycles. The van der Waals surface area contributed by atoms with E-state index in [2.05, 4.69) is 26.0 Å². The van der Waals surface area contributed by atoms with Gasteiger partial charge in [0.1, 0.15) is 4.90 Å². The van der Waals surface area contributed by atoms with Gasteiger partial charge in [-0.05, 0) is 36.7 Å². The van der Waals surface area contributed by atoms with Crippen molar-refractivity contribution in [2.24, 2.45) is 0 Å². The Bertz CT molecular complexity index is 716. The van der Waals surface area contributed by atoms with Crippen LogP contribution in [0.2, 0.25) is 5.02 Å². The fourth-order valence-corrected chi connectivity index (χ4v) is 4.74. The Morgan fingerprint density at radius 3 is 2.80 bits per heavy atom. The second kappa shape index (κ2) is 6.44. The highest BCUT2D eigenvalue weighted by molar-refractivity contribution is 9.10. The quantitative estimate of drug-likeness (QED) is 0.812. The van der Waals surface area contributed by atoms with E-state index in [-0.39, 0.29) is 4.90 Å². The second-order valence-corrected chi connectivity index (χ2v) is 7.94. The highest BCUT2D eigenvalue weighted by Crippen LogP contribution is 2.29. The summed E-state index contributed by atoms with van der Waals surface area (Å²) >= 11 is 10.7. The molecule has 0 unspecified atom stereocenters. The van der Waals surface area contributed by atoms with E-state index in [1.165, 1.54) is 11.3 Å². The molecule has 1 aromatic heterocycles. The van der Waals surface area contributed by atoms with Gasteiger partial charge in [-0.2, -0.15) is 0 Å². The summed E-state index contributed by atoms with van der Waals surface area (Å²) in [6.45, 7) is 0.500. The zero-order valence-corrected chi connectivity index (χ0v) is 14.5. The lowest BCUT2D eigenvalue weighted by atomic mass is 10.3. The van der Waals surface area contributed by atoms with Gasteiger partial charge in [0.25, 0.3) is 10.0 Å². The highest BCUT2D eigenvalue weighted by atomic mass is 79.9. The molecule has 108 valence electrons. The predicted octanol–water partition coefficient (Wildman–Crippen LogP) is 3.68. The van der Waals surface area contributed by atoms with Crippen molar-refractivity contribution in [3.8, 4) is 0 Å². The lowest BCUT2D eigenvalue weighted by molar-refractivity contribution is 0.600. The van der Waals surface area contributed by atoms with Gasteiger partial charge >= 0.3 is 0 Å². The Labute approximate surface area is 135 Å². The normalized spacial score (nSPS) is 11.6. The standard InChI is InChI=1S/C12H12BrClN2O2S2/c1-15-7-11-12(4-5-19-11)20(17,18)16-10-6-8(13)2-3-9(10)14/h2-6,15-16H,7H2,1H3. The molecular formula is C12H12BrClN2O2S2. The molecule has 0 saturated carbocycles. The van der Waals surface area contributed by atoms with Gasteiger partial charge in [-0.25, -0.2) is 8.42 Å². The Balaban J connectivity index is 2.36. The van der Waals surface area contributed by atoms with E-state index in [1.807, 2.05) is 0 Å². The van der Waals surface area contributed by atoms with Gasteiger partial charge in [-0.15, -0.1) is 11.3 Å². The third kappa shape index (κ3) is 3.53. The average molecular weight is 396 g/mol. The smallest absolute Gasteiger partial charge is 0.263 e. The minimum absolute atomic E-state index is 0.271. The zero-order valence-electron chi connectivity index (χ0n) is 10.5. The number of rotatable bonds is 5. The Kier molecular flexibility index (Phi) is 5.09. The summed E-state index contributed by atoms with van der Waals surface area (Å²) in [4.78, 5) is 1.03. The third-order valence-electron chi connectivity index (χ3n) is 2.50. The number of thiophene rings is 1. The first-order valence-electron chi connectivity index (χ1n) is 5.63. The molecule has 0 atom stereocenters. The first kappa shape index (κ1) is 15.8. The zero-order chi connectivity index (χ0) is 14.8. The summed E-state index contributed by atoms with van der Waals surface area (Å²) in [5, 5.41) is 5.05. The van der Waals surface area contributed by atoms with Crippen LogP contribution in [0.25, 0.3) is 0 Å². The van der Waals surface area contributed by atoms with Crippen LogP contribution in [0.1, 0.15) is 4.88 Å². The first-order valence-corrected chi connectivity index (χ1v) is 9.16. The van der Waals surface area contributed by atoms with E-state index < -0.39 is 10.0 Å². The maximum atomic E-state index is 12.4. The molecule has 0 aliphatic rings. The average Bonchev–Trinajstić information content (AvgIpc) is 2.83. The topological polar surface area (TPSA) is 58.2 Å². The van der Waals surface area contributed by atoms with E-state index in [4.69, 9.17) is 11.6 Å². The Hall–Kier alpha value is -0.600. The van der Waals surface area contributed by atoms with Crippen LogP contribution >= 0.6 is 38.9 Å². The first-order chi connectivity index (χ1) is 9.44. The van der Waals surface area contributed by atoms with Crippen molar-refractivity contribution < 1.29 is 8.42 Å².